The molecule has 0 aromatic rings. The summed E-state index contributed by atoms with van der Waals surface area (Å²) in [4.78, 5) is 24.6. The lowest BCUT2D eigenvalue weighted by atomic mass is 10.1. The number of carbonyl (C=O) groups excluding carboxylic acids is 2. The predicted molar refractivity (Wildman–Crippen MR) is 59.1 cm³/mol. The number of rotatable bonds is 5. The number of nitrogens with two attached hydrogens (primary N) is 1. The molecule has 0 aliphatic carbocycles. The molecule has 2 unspecified atom stereocenters. The van der Waals surface area contributed by atoms with Crippen LogP contribution in [0.3, 0.4) is 0 Å². The van der Waals surface area contributed by atoms with Crippen LogP contribution in [0.2, 0.25) is 0 Å². The Bertz CT molecular complexity index is 231. The summed E-state index contributed by atoms with van der Waals surface area (Å²) in [5, 5.41) is 2.64. The van der Waals surface area contributed by atoms with Gasteiger partial charge in [-0.25, -0.2) is 0 Å². The quantitative estimate of drug-likeness (QED) is 0.653. The maximum atomic E-state index is 11.6. The molecule has 2 atom stereocenters. The Balaban J connectivity index is 4.18. The predicted octanol–water partition coefficient (Wildman–Crippen LogP) is -0.436. The standard InChI is InChI=1S/C10H21N3O2/c1-5-13(4)10(15)8(3)12-9(14)7(2)6-11/h7-8H,5-6,11H2,1-4H3,(H,12,14). The zero-order chi connectivity index (χ0) is 12.0. The normalized spacial score (nSPS) is 14.2. The van der Waals surface area contributed by atoms with E-state index in [1.165, 1.54) is 0 Å². The molecule has 0 spiro atoms. The van der Waals surface area contributed by atoms with Crippen LogP contribution in [-0.4, -0.2) is 42.9 Å². The van der Waals surface area contributed by atoms with Crippen LogP contribution in [0.4, 0.5) is 0 Å². The zero-order valence-electron chi connectivity index (χ0n) is 9.91. The van der Waals surface area contributed by atoms with Gasteiger partial charge in [0.25, 0.3) is 0 Å². The molecule has 0 bridgehead atoms. The van der Waals surface area contributed by atoms with E-state index in [-0.39, 0.29) is 24.3 Å². The van der Waals surface area contributed by atoms with E-state index in [4.69, 9.17) is 5.73 Å². The second-order valence-electron chi connectivity index (χ2n) is 3.72. The summed E-state index contributed by atoms with van der Waals surface area (Å²) >= 11 is 0. The number of hydrogen-bond acceptors (Lipinski definition) is 3. The molecular formula is C10H21N3O2. The van der Waals surface area contributed by atoms with Gasteiger partial charge in [-0.1, -0.05) is 6.92 Å². The Labute approximate surface area is 91.0 Å². The molecule has 0 heterocycles. The fourth-order valence-electron chi connectivity index (χ4n) is 1.01. The first-order valence-corrected chi connectivity index (χ1v) is 5.19. The minimum absolute atomic E-state index is 0.0879. The van der Waals surface area contributed by atoms with Gasteiger partial charge >= 0.3 is 0 Å². The van der Waals surface area contributed by atoms with Crippen LogP contribution in [0.25, 0.3) is 0 Å². The Kier molecular flexibility index (Phi) is 5.93. The monoisotopic (exact) mass is 215 g/mol. The summed E-state index contributed by atoms with van der Waals surface area (Å²) in [7, 11) is 1.71. The highest BCUT2D eigenvalue weighted by Crippen LogP contribution is 1.96. The number of nitrogens with one attached hydrogen (secondary N) is 1. The summed E-state index contributed by atoms with van der Waals surface area (Å²) < 4.78 is 0. The van der Waals surface area contributed by atoms with Gasteiger partial charge in [0.15, 0.2) is 0 Å². The van der Waals surface area contributed by atoms with Crippen molar-refractivity contribution in [3.05, 3.63) is 0 Å². The summed E-state index contributed by atoms with van der Waals surface area (Å²) in [6.07, 6.45) is 0. The lowest BCUT2D eigenvalue weighted by Crippen LogP contribution is -2.47. The van der Waals surface area contributed by atoms with Crippen molar-refractivity contribution in [1.29, 1.82) is 0 Å². The molecule has 0 fully saturated rings. The second kappa shape index (κ2) is 6.40. The SMILES string of the molecule is CCN(C)C(=O)C(C)NC(=O)C(C)CN. The fraction of sp³-hybridized carbons (Fsp3) is 0.800. The summed E-state index contributed by atoms with van der Waals surface area (Å²) in [5.41, 5.74) is 5.35. The Hall–Kier alpha value is -1.10. The van der Waals surface area contributed by atoms with Gasteiger partial charge in [0.2, 0.25) is 11.8 Å². The minimum Gasteiger partial charge on any atom is -0.344 e. The number of nitrogens with zero attached hydrogens (tertiary/aromatic N) is 1. The number of amides is 2. The fourth-order valence-corrected chi connectivity index (χ4v) is 1.01. The lowest BCUT2D eigenvalue weighted by molar-refractivity contribution is -0.135. The van der Waals surface area contributed by atoms with Crippen molar-refractivity contribution in [2.45, 2.75) is 26.8 Å². The van der Waals surface area contributed by atoms with Gasteiger partial charge in [-0.3, -0.25) is 9.59 Å². The smallest absolute Gasteiger partial charge is 0.244 e. The molecule has 2 amide bonds. The van der Waals surface area contributed by atoms with Crippen molar-refractivity contribution in [3.63, 3.8) is 0 Å². The highest BCUT2D eigenvalue weighted by atomic mass is 16.2. The van der Waals surface area contributed by atoms with Crippen LogP contribution < -0.4 is 11.1 Å². The van der Waals surface area contributed by atoms with E-state index in [2.05, 4.69) is 5.32 Å². The van der Waals surface area contributed by atoms with E-state index >= 15 is 0 Å². The van der Waals surface area contributed by atoms with E-state index in [0.29, 0.717) is 6.54 Å². The molecule has 0 aliphatic rings. The van der Waals surface area contributed by atoms with Gasteiger partial charge in [0.05, 0.1) is 0 Å². The third-order valence-electron chi connectivity index (χ3n) is 2.38. The molecule has 15 heavy (non-hydrogen) atoms. The molecule has 5 nitrogen and oxygen atoms in total. The molecule has 0 aromatic heterocycles. The van der Waals surface area contributed by atoms with Crippen molar-refractivity contribution in [2.24, 2.45) is 11.7 Å². The van der Waals surface area contributed by atoms with Crippen LogP contribution in [-0.2, 0) is 9.59 Å². The molecule has 0 saturated heterocycles. The van der Waals surface area contributed by atoms with Gasteiger partial charge < -0.3 is 16.0 Å². The molecule has 5 heteroatoms. The van der Waals surface area contributed by atoms with E-state index in [1.54, 1.807) is 25.8 Å². The lowest BCUT2D eigenvalue weighted by Gasteiger charge is -2.21. The summed E-state index contributed by atoms with van der Waals surface area (Å²) in [6.45, 7) is 6.21. The average Bonchev–Trinajstić information content (AvgIpc) is 2.25. The molecule has 0 aromatic carbocycles. The van der Waals surface area contributed by atoms with Crippen LogP contribution >= 0.6 is 0 Å². The third kappa shape index (κ3) is 4.29. The number of carbonyl (C=O) groups is 2. The van der Waals surface area contributed by atoms with Crippen molar-refractivity contribution in [1.82, 2.24) is 10.2 Å². The largest absolute Gasteiger partial charge is 0.344 e. The van der Waals surface area contributed by atoms with Crippen LogP contribution in [0.5, 0.6) is 0 Å². The maximum Gasteiger partial charge on any atom is 0.244 e. The van der Waals surface area contributed by atoms with Crippen molar-refractivity contribution in [3.8, 4) is 0 Å². The Morgan fingerprint density at radius 3 is 2.33 bits per heavy atom. The first-order valence-electron chi connectivity index (χ1n) is 5.19. The minimum atomic E-state index is -0.489. The van der Waals surface area contributed by atoms with E-state index in [0.717, 1.165) is 0 Å². The molecular weight excluding hydrogens is 194 g/mol. The average molecular weight is 215 g/mol. The van der Waals surface area contributed by atoms with Crippen LogP contribution in [0.1, 0.15) is 20.8 Å². The summed E-state index contributed by atoms with van der Waals surface area (Å²) in [6, 6.07) is -0.489. The van der Waals surface area contributed by atoms with Crippen molar-refractivity contribution >= 4 is 11.8 Å². The topological polar surface area (TPSA) is 75.4 Å². The molecule has 3 N–H and O–H groups in total. The zero-order valence-corrected chi connectivity index (χ0v) is 9.91. The maximum absolute atomic E-state index is 11.6. The molecule has 0 saturated carbocycles. The van der Waals surface area contributed by atoms with Crippen LogP contribution in [0.15, 0.2) is 0 Å². The van der Waals surface area contributed by atoms with Crippen LogP contribution in [0, 0.1) is 5.92 Å². The third-order valence-corrected chi connectivity index (χ3v) is 2.38. The summed E-state index contributed by atoms with van der Waals surface area (Å²) in [5.74, 6) is -0.523. The number of likely N-dealkylation sites (N-methyl/N-ethyl adjacent to an activating group) is 1. The molecule has 88 valence electrons. The molecule has 0 radical (unpaired) electrons. The van der Waals surface area contributed by atoms with E-state index < -0.39 is 6.04 Å². The van der Waals surface area contributed by atoms with Crippen molar-refractivity contribution in [2.75, 3.05) is 20.1 Å². The highest BCUT2D eigenvalue weighted by Gasteiger charge is 2.20. The van der Waals surface area contributed by atoms with Gasteiger partial charge in [-0.05, 0) is 13.8 Å². The van der Waals surface area contributed by atoms with Gasteiger partial charge in [-0.2, -0.15) is 0 Å². The Morgan fingerprint density at radius 1 is 1.40 bits per heavy atom. The highest BCUT2D eigenvalue weighted by molar-refractivity contribution is 5.88. The Morgan fingerprint density at radius 2 is 1.93 bits per heavy atom. The first kappa shape index (κ1) is 13.9. The molecule has 0 rings (SSSR count). The number of hydrogen-bond donors (Lipinski definition) is 2. The van der Waals surface area contributed by atoms with Gasteiger partial charge in [-0.15, -0.1) is 0 Å². The van der Waals surface area contributed by atoms with E-state index in [9.17, 15) is 9.59 Å². The van der Waals surface area contributed by atoms with Gasteiger partial charge in [0.1, 0.15) is 6.04 Å². The molecule has 0 aliphatic heterocycles. The van der Waals surface area contributed by atoms with Gasteiger partial charge in [0, 0.05) is 26.1 Å². The second-order valence-corrected chi connectivity index (χ2v) is 3.72. The van der Waals surface area contributed by atoms with Crippen molar-refractivity contribution < 1.29 is 9.59 Å². The van der Waals surface area contributed by atoms with E-state index in [1.807, 2.05) is 6.92 Å². The first-order chi connectivity index (χ1) is 6.93.